The second kappa shape index (κ2) is 5.98. The summed E-state index contributed by atoms with van der Waals surface area (Å²) >= 11 is 0. The van der Waals surface area contributed by atoms with Crippen molar-refractivity contribution in [3.8, 4) is 0 Å². The Kier molecular flexibility index (Phi) is 4.56. The van der Waals surface area contributed by atoms with E-state index in [0.29, 0.717) is 5.82 Å². The predicted molar refractivity (Wildman–Crippen MR) is 58.2 cm³/mol. The topological polar surface area (TPSA) is 74.2 Å². The SMILES string of the molecule is CNCCCNc1cccc(C(=O)O)n1. The number of anilines is 1. The minimum absolute atomic E-state index is 0.0635. The predicted octanol–water partition coefficient (Wildman–Crippen LogP) is 0.801. The molecule has 0 aliphatic rings. The third kappa shape index (κ3) is 3.95. The maximum atomic E-state index is 10.6. The summed E-state index contributed by atoms with van der Waals surface area (Å²) in [5.74, 6) is -0.403. The highest BCUT2D eigenvalue weighted by Crippen LogP contribution is 2.04. The number of rotatable bonds is 6. The average Bonchev–Trinajstić information content (AvgIpc) is 2.25. The van der Waals surface area contributed by atoms with E-state index in [1.807, 2.05) is 7.05 Å². The summed E-state index contributed by atoms with van der Waals surface area (Å²) < 4.78 is 0. The summed E-state index contributed by atoms with van der Waals surface area (Å²) in [7, 11) is 1.89. The van der Waals surface area contributed by atoms with E-state index >= 15 is 0 Å². The van der Waals surface area contributed by atoms with Gasteiger partial charge >= 0.3 is 5.97 Å². The molecule has 0 unspecified atom stereocenters. The van der Waals surface area contributed by atoms with Gasteiger partial charge in [0.1, 0.15) is 5.82 Å². The van der Waals surface area contributed by atoms with Gasteiger partial charge in [-0.15, -0.1) is 0 Å². The summed E-state index contributed by atoms with van der Waals surface area (Å²) in [4.78, 5) is 14.6. The minimum atomic E-state index is -1.01. The summed E-state index contributed by atoms with van der Waals surface area (Å²) in [6.45, 7) is 1.70. The van der Waals surface area contributed by atoms with E-state index in [4.69, 9.17) is 5.11 Å². The van der Waals surface area contributed by atoms with Gasteiger partial charge in [0.15, 0.2) is 5.69 Å². The second-order valence-electron chi connectivity index (χ2n) is 3.10. The highest BCUT2D eigenvalue weighted by atomic mass is 16.4. The molecule has 1 aromatic heterocycles. The Morgan fingerprint density at radius 1 is 1.47 bits per heavy atom. The molecule has 0 aliphatic heterocycles. The number of carboxylic acids is 1. The van der Waals surface area contributed by atoms with Gasteiger partial charge in [0.25, 0.3) is 0 Å². The van der Waals surface area contributed by atoms with Crippen LogP contribution in [0.15, 0.2) is 18.2 Å². The number of aromatic nitrogens is 1. The van der Waals surface area contributed by atoms with Crippen LogP contribution < -0.4 is 10.6 Å². The van der Waals surface area contributed by atoms with Crippen LogP contribution in [0, 0.1) is 0 Å². The van der Waals surface area contributed by atoms with Crippen molar-refractivity contribution in [3.05, 3.63) is 23.9 Å². The van der Waals surface area contributed by atoms with Crippen molar-refractivity contribution in [2.24, 2.45) is 0 Å². The smallest absolute Gasteiger partial charge is 0.354 e. The quantitative estimate of drug-likeness (QED) is 0.604. The Hall–Kier alpha value is -1.62. The highest BCUT2D eigenvalue weighted by molar-refractivity contribution is 5.85. The second-order valence-corrected chi connectivity index (χ2v) is 3.10. The lowest BCUT2D eigenvalue weighted by molar-refractivity contribution is 0.0690. The summed E-state index contributed by atoms with van der Waals surface area (Å²) in [6.07, 6.45) is 0.968. The number of carboxylic acid groups (broad SMARTS) is 1. The van der Waals surface area contributed by atoms with Crippen LogP contribution in [-0.2, 0) is 0 Å². The first-order valence-corrected chi connectivity index (χ1v) is 4.83. The molecule has 0 atom stereocenters. The summed E-state index contributed by atoms with van der Waals surface area (Å²) in [6, 6.07) is 4.91. The van der Waals surface area contributed by atoms with Gasteiger partial charge in [-0.1, -0.05) is 6.07 Å². The zero-order valence-corrected chi connectivity index (χ0v) is 8.66. The van der Waals surface area contributed by atoms with Crippen molar-refractivity contribution in [1.29, 1.82) is 0 Å². The van der Waals surface area contributed by atoms with Crippen LogP contribution in [0.25, 0.3) is 0 Å². The van der Waals surface area contributed by atoms with E-state index in [1.165, 1.54) is 6.07 Å². The van der Waals surface area contributed by atoms with Gasteiger partial charge in [-0.25, -0.2) is 9.78 Å². The first-order chi connectivity index (χ1) is 7.24. The van der Waals surface area contributed by atoms with Crippen molar-refractivity contribution in [1.82, 2.24) is 10.3 Å². The van der Waals surface area contributed by atoms with Crippen LogP contribution >= 0.6 is 0 Å². The first-order valence-electron chi connectivity index (χ1n) is 4.83. The van der Waals surface area contributed by atoms with E-state index in [1.54, 1.807) is 12.1 Å². The molecule has 15 heavy (non-hydrogen) atoms. The number of aromatic carboxylic acids is 1. The first kappa shape index (κ1) is 11.5. The molecule has 0 bridgehead atoms. The van der Waals surface area contributed by atoms with Crippen molar-refractivity contribution in [2.45, 2.75) is 6.42 Å². The molecule has 3 N–H and O–H groups in total. The molecule has 1 aromatic rings. The molecule has 0 saturated carbocycles. The fourth-order valence-electron chi connectivity index (χ4n) is 1.13. The number of nitrogens with one attached hydrogen (secondary N) is 2. The van der Waals surface area contributed by atoms with Gasteiger partial charge in [0, 0.05) is 6.54 Å². The largest absolute Gasteiger partial charge is 0.477 e. The number of hydrogen-bond donors (Lipinski definition) is 3. The molecule has 0 spiro atoms. The lowest BCUT2D eigenvalue weighted by Gasteiger charge is -2.05. The van der Waals surface area contributed by atoms with E-state index in [2.05, 4.69) is 15.6 Å². The standard InChI is InChI=1S/C10H15N3O2/c1-11-6-3-7-12-9-5-2-4-8(13-9)10(14)15/h2,4-5,11H,3,6-7H2,1H3,(H,12,13)(H,14,15). The monoisotopic (exact) mass is 209 g/mol. The molecule has 0 aliphatic carbocycles. The van der Waals surface area contributed by atoms with E-state index in [-0.39, 0.29) is 5.69 Å². The number of carbonyl (C=O) groups is 1. The van der Waals surface area contributed by atoms with Crippen molar-refractivity contribution in [3.63, 3.8) is 0 Å². The lowest BCUT2D eigenvalue weighted by Crippen LogP contribution is -2.13. The molecule has 0 saturated heterocycles. The molecule has 0 radical (unpaired) electrons. The Morgan fingerprint density at radius 2 is 2.27 bits per heavy atom. The van der Waals surface area contributed by atoms with Crippen LogP contribution in [0.3, 0.4) is 0 Å². The Labute approximate surface area is 88.5 Å². The number of nitrogens with zero attached hydrogens (tertiary/aromatic N) is 1. The zero-order chi connectivity index (χ0) is 11.1. The fraction of sp³-hybridized carbons (Fsp3) is 0.400. The van der Waals surface area contributed by atoms with Gasteiger partial charge < -0.3 is 15.7 Å². The maximum absolute atomic E-state index is 10.6. The van der Waals surface area contributed by atoms with Crippen LogP contribution in [-0.4, -0.2) is 36.2 Å². The average molecular weight is 209 g/mol. The third-order valence-corrected chi connectivity index (χ3v) is 1.88. The summed E-state index contributed by atoms with van der Waals surface area (Å²) in [5.41, 5.74) is 0.0635. The Morgan fingerprint density at radius 3 is 2.93 bits per heavy atom. The molecule has 0 fully saturated rings. The van der Waals surface area contributed by atoms with E-state index < -0.39 is 5.97 Å². The molecule has 0 amide bonds. The molecular formula is C10H15N3O2. The van der Waals surface area contributed by atoms with Crippen LogP contribution in [0.5, 0.6) is 0 Å². The van der Waals surface area contributed by atoms with Gasteiger partial charge in [0.05, 0.1) is 0 Å². The molecule has 1 heterocycles. The number of pyridine rings is 1. The van der Waals surface area contributed by atoms with Crippen molar-refractivity contribution < 1.29 is 9.90 Å². The third-order valence-electron chi connectivity index (χ3n) is 1.88. The normalized spacial score (nSPS) is 9.93. The molecule has 82 valence electrons. The Balaban J connectivity index is 2.47. The lowest BCUT2D eigenvalue weighted by atomic mass is 10.3. The van der Waals surface area contributed by atoms with Crippen molar-refractivity contribution >= 4 is 11.8 Å². The van der Waals surface area contributed by atoms with Gasteiger partial charge in [0.2, 0.25) is 0 Å². The van der Waals surface area contributed by atoms with E-state index in [9.17, 15) is 4.79 Å². The maximum Gasteiger partial charge on any atom is 0.354 e. The Bertz CT molecular complexity index is 328. The van der Waals surface area contributed by atoms with Crippen LogP contribution in [0.1, 0.15) is 16.9 Å². The number of hydrogen-bond acceptors (Lipinski definition) is 4. The molecule has 5 heteroatoms. The van der Waals surface area contributed by atoms with E-state index in [0.717, 1.165) is 19.5 Å². The van der Waals surface area contributed by atoms with Gasteiger partial charge in [-0.2, -0.15) is 0 Å². The van der Waals surface area contributed by atoms with Crippen LogP contribution in [0.4, 0.5) is 5.82 Å². The van der Waals surface area contributed by atoms with Crippen LogP contribution in [0.2, 0.25) is 0 Å². The highest BCUT2D eigenvalue weighted by Gasteiger charge is 2.03. The van der Waals surface area contributed by atoms with Crippen molar-refractivity contribution in [2.75, 3.05) is 25.5 Å². The van der Waals surface area contributed by atoms with Gasteiger partial charge in [-0.05, 0) is 32.1 Å². The summed E-state index contributed by atoms with van der Waals surface area (Å²) in [5, 5.41) is 14.8. The zero-order valence-electron chi connectivity index (χ0n) is 8.66. The fourth-order valence-corrected chi connectivity index (χ4v) is 1.13. The van der Waals surface area contributed by atoms with Gasteiger partial charge in [-0.3, -0.25) is 0 Å². The molecule has 0 aromatic carbocycles. The molecule has 1 rings (SSSR count). The molecule has 5 nitrogen and oxygen atoms in total. The molecular weight excluding hydrogens is 194 g/mol. The minimum Gasteiger partial charge on any atom is -0.477 e.